The number of fused-ring (bicyclic) bond motifs is 1. The van der Waals surface area contributed by atoms with Crippen molar-refractivity contribution < 1.29 is 14.7 Å². The summed E-state index contributed by atoms with van der Waals surface area (Å²) in [4.78, 5) is 30.0. The van der Waals surface area contributed by atoms with Gasteiger partial charge in [0, 0.05) is 6.54 Å². The fraction of sp³-hybridized carbons (Fsp3) is 0.400. The summed E-state index contributed by atoms with van der Waals surface area (Å²) in [6.45, 7) is 4.05. The van der Waals surface area contributed by atoms with Crippen LogP contribution >= 0.6 is 0 Å². The number of aromatic nitrogens is 2. The van der Waals surface area contributed by atoms with Crippen LogP contribution in [0.25, 0.3) is 11.0 Å². The van der Waals surface area contributed by atoms with E-state index in [4.69, 9.17) is 5.11 Å². The standard InChI is InChI=1S/C15H20N4O3/c1-9(2)13(19-15(22)16-8-7-12(20)21)14-17-10-5-3-4-6-11(10)18-14/h3-6,9,13H,7-8H2,1-2H3,(H,17,18)(H,20,21)(H2,16,19,22). The minimum absolute atomic E-state index is 0.0894. The summed E-state index contributed by atoms with van der Waals surface area (Å²) < 4.78 is 0. The van der Waals surface area contributed by atoms with E-state index in [1.807, 2.05) is 38.1 Å². The van der Waals surface area contributed by atoms with Crippen molar-refractivity contribution in [2.45, 2.75) is 26.3 Å². The van der Waals surface area contributed by atoms with Gasteiger partial charge in [-0.05, 0) is 18.1 Å². The number of H-pyrrole nitrogens is 1. The van der Waals surface area contributed by atoms with Crippen LogP contribution in [0.2, 0.25) is 0 Å². The normalized spacial score (nSPS) is 12.3. The van der Waals surface area contributed by atoms with Gasteiger partial charge in [-0.2, -0.15) is 0 Å². The number of carbonyl (C=O) groups excluding carboxylic acids is 1. The van der Waals surface area contributed by atoms with Crippen molar-refractivity contribution in [2.24, 2.45) is 5.92 Å². The Bertz CT molecular complexity index is 633. The SMILES string of the molecule is CC(C)C(NC(=O)NCCC(=O)O)c1nc2ccccc2[nH]1. The number of hydrogen-bond donors (Lipinski definition) is 4. The number of urea groups is 1. The van der Waals surface area contributed by atoms with Gasteiger partial charge in [-0.1, -0.05) is 26.0 Å². The fourth-order valence-electron chi connectivity index (χ4n) is 2.15. The van der Waals surface area contributed by atoms with Crippen LogP contribution in [-0.2, 0) is 4.79 Å². The first kappa shape index (κ1) is 15.8. The molecule has 2 rings (SSSR count). The Labute approximate surface area is 128 Å². The molecule has 7 nitrogen and oxygen atoms in total. The van der Waals surface area contributed by atoms with E-state index < -0.39 is 12.0 Å². The first-order valence-corrected chi connectivity index (χ1v) is 7.18. The van der Waals surface area contributed by atoms with Gasteiger partial charge in [0.1, 0.15) is 5.82 Å². The molecule has 22 heavy (non-hydrogen) atoms. The molecule has 2 aromatic rings. The molecule has 7 heteroatoms. The molecular formula is C15H20N4O3. The topological polar surface area (TPSA) is 107 Å². The van der Waals surface area contributed by atoms with E-state index in [0.717, 1.165) is 11.0 Å². The molecule has 4 N–H and O–H groups in total. The van der Waals surface area contributed by atoms with Gasteiger partial charge in [-0.15, -0.1) is 0 Å². The van der Waals surface area contributed by atoms with Crippen molar-refractivity contribution in [3.05, 3.63) is 30.1 Å². The quantitative estimate of drug-likeness (QED) is 0.655. The van der Waals surface area contributed by atoms with Crippen molar-refractivity contribution in [3.8, 4) is 0 Å². The highest BCUT2D eigenvalue weighted by Gasteiger charge is 2.21. The lowest BCUT2D eigenvalue weighted by molar-refractivity contribution is -0.136. The molecule has 2 amide bonds. The van der Waals surface area contributed by atoms with E-state index >= 15 is 0 Å². The van der Waals surface area contributed by atoms with Crippen LogP contribution in [0.3, 0.4) is 0 Å². The first-order chi connectivity index (χ1) is 10.5. The maximum Gasteiger partial charge on any atom is 0.315 e. The fourth-order valence-corrected chi connectivity index (χ4v) is 2.15. The third kappa shape index (κ3) is 3.97. The molecule has 0 bridgehead atoms. The van der Waals surface area contributed by atoms with Gasteiger partial charge in [-0.3, -0.25) is 4.79 Å². The predicted molar refractivity (Wildman–Crippen MR) is 82.5 cm³/mol. The molecule has 1 atom stereocenters. The smallest absolute Gasteiger partial charge is 0.315 e. The molecule has 0 saturated heterocycles. The molecule has 118 valence electrons. The van der Waals surface area contributed by atoms with E-state index in [0.29, 0.717) is 5.82 Å². The Kier molecular flexibility index (Phi) is 4.98. The summed E-state index contributed by atoms with van der Waals surface area (Å²) in [5.41, 5.74) is 1.76. The van der Waals surface area contributed by atoms with Crippen LogP contribution in [0.4, 0.5) is 4.79 Å². The van der Waals surface area contributed by atoms with Crippen molar-refractivity contribution >= 4 is 23.0 Å². The summed E-state index contributed by atoms with van der Waals surface area (Å²) in [5.74, 6) is -0.131. The van der Waals surface area contributed by atoms with Crippen molar-refractivity contribution in [1.82, 2.24) is 20.6 Å². The number of aliphatic carboxylic acids is 1. The molecule has 0 saturated carbocycles. The number of carbonyl (C=O) groups is 2. The number of carboxylic acids is 1. The Morgan fingerprint density at radius 2 is 2.05 bits per heavy atom. The van der Waals surface area contributed by atoms with Gasteiger partial charge in [0.25, 0.3) is 0 Å². The molecule has 1 unspecified atom stereocenters. The molecule has 1 aromatic heterocycles. The lowest BCUT2D eigenvalue weighted by Crippen LogP contribution is -2.40. The number of amides is 2. The number of rotatable bonds is 6. The molecule has 0 fully saturated rings. The van der Waals surface area contributed by atoms with E-state index in [1.165, 1.54) is 0 Å². The van der Waals surface area contributed by atoms with Gasteiger partial charge >= 0.3 is 12.0 Å². The lowest BCUT2D eigenvalue weighted by atomic mass is 10.0. The lowest BCUT2D eigenvalue weighted by Gasteiger charge is -2.20. The Morgan fingerprint density at radius 3 is 2.68 bits per heavy atom. The van der Waals surface area contributed by atoms with Crippen LogP contribution in [0.5, 0.6) is 0 Å². The third-order valence-electron chi connectivity index (χ3n) is 3.28. The summed E-state index contributed by atoms with van der Waals surface area (Å²) >= 11 is 0. The predicted octanol–water partition coefficient (Wildman–Crippen LogP) is 2.03. The number of carboxylic acid groups (broad SMARTS) is 1. The molecule has 0 radical (unpaired) electrons. The van der Waals surface area contributed by atoms with Gasteiger partial charge in [0.2, 0.25) is 0 Å². The van der Waals surface area contributed by atoms with Crippen molar-refractivity contribution in [1.29, 1.82) is 0 Å². The molecule has 0 spiro atoms. The van der Waals surface area contributed by atoms with Gasteiger partial charge in [0.15, 0.2) is 0 Å². The minimum Gasteiger partial charge on any atom is -0.481 e. The van der Waals surface area contributed by atoms with E-state index in [9.17, 15) is 9.59 Å². The van der Waals surface area contributed by atoms with E-state index in [-0.39, 0.29) is 24.9 Å². The highest BCUT2D eigenvalue weighted by molar-refractivity contribution is 5.77. The summed E-state index contributed by atoms with van der Waals surface area (Å²) in [5, 5.41) is 13.9. The Balaban J connectivity index is 2.06. The number of imidazole rings is 1. The Hall–Kier alpha value is -2.57. The van der Waals surface area contributed by atoms with Crippen LogP contribution in [0.15, 0.2) is 24.3 Å². The largest absolute Gasteiger partial charge is 0.481 e. The molecule has 0 aliphatic heterocycles. The van der Waals surface area contributed by atoms with Gasteiger partial charge in [-0.25, -0.2) is 9.78 Å². The summed E-state index contributed by atoms with van der Waals surface area (Å²) in [7, 11) is 0. The molecule has 0 aliphatic carbocycles. The zero-order valence-corrected chi connectivity index (χ0v) is 12.6. The van der Waals surface area contributed by atoms with Crippen LogP contribution in [-0.4, -0.2) is 33.6 Å². The van der Waals surface area contributed by atoms with Crippen LogP contribution in [0.1, 0.15) is 32.1 Å². The monoisotopic (exact) mass is 304 g/mol. The van der Waals surface area contributed by atoms with Crippen LogP contribution in [0, 0.1) is 5.92 Å². The first-order valence-electron chi connectivity index (χ1n) is 7.18. The molecule has 1 aromatic carbocycles. The number of nitrogens with one attached hydrogen (secondary N) is 3. The second kappa shape index (κ2) is 6.93. The van der Waals surface area contributed by atoms with Crippen molar-refractivity contribution in [2.75, 3.05) is 6.54 Å². The zero-order chi connectivity index (χ0) is 16.1. The number of benzene rings is 1. The summed E-state index contributed by atoms with van der Waals surface area (Å²) in [6, 6.07) is 6.97. The highest BCUT2D eigenvalue weighted by Crippen LogP contribution is 2.21. The zero-order valence-electron chi connectivity index (χ0n) is 12.6. The molecular weight excluding hydrogens is 284 g/mol. The second-order valence-electron chi connectivity index (χ2n) is 5.40. The number of para-hydroxylation sites is 2. The minimum atomic E-state index is -0.946. The molecule has 0 aliphatic rings. The average Bonchev–Trinajstić information content (AvgIpc) is 2.87. The van der Waals surface area contributed by atoms with E-state index in [1.54, 1.807) is 0 Å². The number of nitrogens with zero attached hydrogens (tertiary/aromatic N) is 1. The second-order valence-corrected chi connectivity index (χ2v) is 5.40. The maximum absolute atomic E-state index is 11.9. The van der Waals surface area contributed by atoms with Crippen molar-refractivity contribution in [3.63, 3.8) is 0 Å². The number of hydrogen-bond acceptors (Lipinski definition) is 3. The number of aromatic amines is 1. The highest BCUT2D eigenvalue weighted by atomic mass is 16.4. The maximum atomic E-state index is 11.9. The van der Waals surface area contributed by atoms with Gasteiger partial charge < -0.3 is 20.7 Å². The molecule has 1 heterocycles. The van der Waals surface area contributed by atoms with Crippen LogP contribution < -0.4 is 10.6 Å². The van der Waals surface area contributed by atoms with E-state index in [2.05, 4.69) is 20.6 Å². The Morgan fingerprint density at radius 1 is 1.32 bits per heavy atom. The van der Waals surface area contributed by atoms with Gasteiger partial charge in [0.05, 0.1) is 23.5 Å². The average molecular weight is 304 g/mol. The summed E-state index contributed by atoms with van der Waals surface area (Å²) in [6.07, 6.45) is -0.107. The third-order valence-corrected chi connectivity index (χ3v) is 3.28.